The fourth-order valence-electron chi connectivity index (χ4n) is 2.49. The van der Waals surface area contributed by atoms with E-state index in [0.29, 0.717) is 12.8 Å². The smallest absolute Gasteiger partial charge is 0.303 e. The van der Waals surface area contributed by atoms with Gasteiger partial charge in [-0.05, 0) is 37.5 Å². The molecule has 2 unspecified atom stereocenters. The number of carbonyl (C=O) groups excluding carboxylic acids is 2. The summed E-state index contributed by atoms with van der Waals surface area (Å²) in [4.78, 5) is 35.2. The first kappa shape index (κ1) is 19.2. The molecule has 1 heterocycles. The Kier molecular flexibility index (Phi) is 6.96. The number of rotatable bonds is 9. The Hall–Kier alpha value is -3.09. The van der Waals surface area contributed by atoms with E-state index in [1.54, 1.807) is 13.0 Å². The summed E-state index contributed by atoms with van der Waals surface area (Å²) in [5, 5.41) is 14.3. The van der Waals surface area contributed by atoms with Gasteiger partial charge in [-0.1, -0.05) is 30.3 Å². The van der Waals surface area contributed by atoms with Crippen molar-refractivity contribution >= 4 is 17.8 Å². The van der Waals surface area contributed by atoms with Gasteiger partial charge in [-0.15, -0.1) is 0 Å². The molecule has 3 N–H and O–H groups in total. The SMILES string of the molecule is CC(NC(=O)c1ccco1)C(=O)NC(CCC(=O)O)Cc1ccccc1. The normalized spacial score (nSPS) is 12.8. The van der Waals surface area contributed by atoms with Gasteiger partial charge in [0.05, 0.1) is 6.26 Å². The van der Waals surface area contributed by atoms with Crippen LogP contribution in [0.4, 0.5) is 0 Å². The van der Waals surface area contributed by atoms with E-state index in [1.807, 2.05) is 30.3 Å². The van der Waals surface area contributed by atoms with Crippen molar-refractivity contribution in [3.05, 3.63) is 60.1 Å². The molecule has 0 aliphatic rings. The van der Waals surface area contributed by atoms with Crippen LogP contribution in [0.15, 0.2) is 53.1 Å². The first-order valence-corrected chi connectivity index (χ1v) is 8.36. The predicted molar refractivity (Wildman–Crippen MR) is 94.6 cm³/mol. The molecule has 1 aromatic carbocycles. The quantitative estimate of drug-likeness (QED) is 0.635. The molecule has 7 heteroatoms. The summed E-state index contributed by atoms with van der Waals surface area (Å²) in [7, 11) is 0. The number of amides is 2. The fraction of sp³-hybridized carbons (Fsp3) is 0.316. The molecule has 138 valence electrons. The molecule has 7 nitrogen and oxygen atoms in total. The Labute approximate surface area is 151 Å². The number of aliphatic carboxylic acids is 1. The van der Waals surface area contributed by atoms with Crippen molar-refractivity contribution in [1.29, 1.82) is 0 Å². The molecule has 1 aromatic heterocycles. The van der Waals surface area contributed by atoms with Gasteiger partial charge in [0.15, 0.2) is 5.76 Å². The first-order valence-electron chi connectivity index (χ1n) is 8.36. The molecule has 0 spiro atoms. The van der Waals surface area contributed by atoms with Crippen molar-refractivity contribution in [2.24, 2.45) is 0 Å². The molecule has 0 saturated carbocycles. The zero-order chi connectivity index (χ0) is 18.9. The topological polar surface area (TPSA) is 109 Å². The Balaban J connectivity index is 1.95. The lowest BCUT2D eigenvalue weighted by Gasteiger charge is -2.21. The lowest BCUT2D eigenvalue weighted by molar-refractivity contribution is -0.137. The number of furan rings is 1. The van der Waals surface area contributed by atoms with E-state index in [9.17, 15) is 14.4 Å². The highest BCUT2D eigenvalue weighted by Gasteiger charge is 2.21. The molecular weight excluding hydrogens is 336 g/mol. The Morgan fingerprint density at radius 1 is 1.08 bits per heavy atom. The zero-order valence-corrected chi connectivity index (χ0v) is 14.5. The van der Waals surface area contributed by atoms with E-state index in [2.05, 4.69) is 10.6 Å². The van der Waals surface area contributed by atoms with E-state index < -0.39 is 17.9 Å². The molecule has 2 rings (SSSR count). The second kappa shape index (κ2) is 9.41. The van der Waals surface area contributed by atoms with Crippen LogP contribution in [0, 0.1) is 0 Å². The van der Waals surface area contributed by atoms with Crippen LogP contribution in [0.5, 0.6) is 0 Å². The minimum absolute atomic E-state index is 0.0507. The molecule has 0 radical (unpaired) electrons. The number of benzene rings is 1. The monoisotopic (exact) mass is 358 g/mol. The molecule has 2 atom stereocenters. The Morgan fingerprint density at radius 2 is 1.81 bits per heavy atom. The number of carboxylic acid groups (broad SMARTS) is 1. The van der Waals surface area contributed by atoms with E-state index in [0.717, 1.165) is 5.56 Å². The first-order chi connectivity index (χ1) is 12.5. The number of hydrogen-bond donors (Lipinski definition) is 3. The van der Waals surface area contributed by atoms with E-state index >= 15 is 0 Å². The summed E-state index contributed by atoms with van der Waals surface area (Å²) in [5.41, 5.74) is 0.996. The molecular formula is C19H22N2O5. The Morgan fingerprint density at radius 3 is 2.42 bits per heavy atom. The van der Waals surface area contributed by atoms with Crippen LogP contribution < -0.4 is 10.6 Å². The lowest BCUT2D eigenvalue weighted by Crippen LogP contribution is -2.48. The van der Waals surface area contributed by atoms with Crippen molar-refractivity contribution in [2.45, 2.75) is 38.3 Å². The summed E-state index contributed by atoms with van der Waals surface area (Å²) < 4.78 is 4.99. The van der Waals surface area contributed by atoms with Crippen LogP contribution in [0.3, 0.4) is 0 Å². The number of carbonyl (C=O) groups is 3. The second-order valence-corrected chi connectivity index (χ2v) is 6.00. The summed E-state index contributed by atoms with van der Waals surface area (Å²) in [6.07, 6.45) is 2.14. The van der Waals surface area contributed by atoms with Gasteiger partial charge in [0.2, 0.25) is 5.91 Å². The van der Waals surface area contributed by atoms with Crippen molar-refractivity contribution < 1.29 is 23.9 Å². The lowest BCUT2D eigenvalue weighted by atomic mass is 10.0. The number of hydrogen-bond acceptors (Lipinski definition) is 4. The average Bonchev–Trinajstić information content (AvgIpc) is 3.15. The Bertz CT molecular complexity index is 728. The van der Waals surface area contributed by atoms with Crippen LogP contribution in [0.25, 0.3) is 0 Å². The van der Waals surface area contributed by atoms with Crippen LogP contribution in [-0.2, 0) is 16.0 Å². The molecule has 0 aliphatic carbocycles. The fourth-order valence-corrected chi connectivity index (χ4v) is 2.49. The van der Waals surface area contributed by atoms with Gasteiger partial charge in [0.25, 0.3) is 5.91 Å². The van der Waals surface area contributed by atoms with Crippen molar-refractivity contribution in [3.63, 3.8) is 0 Å². The molecule has 0 fully saturated rings. The number of nitrogens with one attached hydrogen (secondary N) is 2. The maximum Gasteiger partial charge on any atom is 0.303 e. The van der Waals surface area contributed by atoms with Gasteiger partial charge >= 0.3 is 5.97 Å². The minimum atomic E-state index is -0.920. The standard InChI is InChI=1S/C19H22N2O5/c1-13(20-19(25)16-8-5-11-26-16)18(24)21-15(9-10-17(22)23)12-14-6-3-2-4-7-14/h2-8,11,13,15H,9-10,12H2,1H3,(H,20,25)(H,21,24)(H,22,23). The highest BCUT2D eigenvalue weighted by molar-refractivity contribution is 5.95. The maximum atomic E-state index is 12.4. The third kappa shape index (κ3) is 6.08. The van der Waals surface area contributed by atoms with E-state index in [4.69, 9.17) is 9.52 Å². The summed E-state index contributed by atoms with van der Waals surface area (Å²) in [5.74, 6) is -1.66. The van der Waals surface area contributed by atoms with Crippen LogP contribution >= 0.6 is 0 Å². The van der Waals surface area contributed by atoms with Crippen LogP contribution in [-0.4, -0.2) is 35.0 Å². The van der Waals surface area contributed by atoms with Gasteiger partial charge < -0.3 is 20.2 Å². The highest BCUT2D eigenvalue weighted by Crippen LogP contribution is 2.08. The molecule has 0 saturated heterocycles. The van der Waals surface area contributed by atoms with Gasteiger partial charge in [-0.2, -0.15) is 0 Å². The third-order valence-electron chi connectivity index (χ3n) is 3.86. The van der Waals surface area contributed by atoms with Crippen molar-refractivity contribution in [1.82, 2.24) is 10.6 Å². The van der Waals surface area contributed by atoms with Gasteiger partial charge in [-0.25, -0.2) is 0 Å². The molecule has 0 bridgehead atoms. The molecule has 2 amide bonds. The predicted octanol–water partition coefficient (Wildman–Crippen LogP) is 1.99. The van der Waals surface area contributed by atoms with Gasteiger partial charge in [0.1, 0.15) is 6.04 Å². The zero-order valence-electron chi connectivity index (χ0n) is 14.5. The van der Waals surface area contributed by atoms with Gasteiger partial charge in [-0.3, -0.25) is 14.4 Å². The molecule has 2 aromatic rings. The third-order valence-corrected chi connectivity index (χ3v) is 3.86. The second-order valence-electron chi connectivity index (χ2n) is 6.00. The minimum Gasteiger partial charge on any atom is -0.481 e. The van der Waals surface area contributed by atoms with E-state index in [1.165, 1.54) is 12.3 Å². The maximum absolute atomic E-state index is 12.4. The van der Waals surface area contributed by atoms with E-state index in [-0.39, 0.29) is 24.1 Å². The number of carboxylic acids is 1. The van der Waals surface area contributed by atoms with Crippen molar-refractivity contribution in [3.8, 4) is 0 Å². The van der Waals surface area contributed by atoms with Crippen LogP contribution in [0.2, 0.25) is 0 Å². The van der Waals surface area contributed by atoms with Gasteiger partial charge in [0, 0.05) is 12.5 Å². The summed E-state index contributed by atoms with van der Waals surface area (Å²) in [6.45, 7) is 1.56. The molecule has 26 heavy (non-hydrogen) atoms. The van der Waals surface area contributed by atoms with Crippen molar-refractivity contribution in [2.75, 3.05) is 0 Å². The summed E-state index contributed by atoms with van der Waals surface area (Å²) >= 11 is 0. The summed E-state index contributed by atoms with van der Waals surface area (Å²) in [6, 6.07) is 11.5. The highest BCUT2D eigenvalue weighted by atomic mass is 16.4. The van der Waals surface area contributed by atoms with Crippen LogP contribution in [0.1, 0.15) is 35.9 Å². The molecule has 0 aliphatic heterocycles. The average molecular weight is 358 g/mol. The largest absolute Gasteiger partial charge is 0.481 e.